The molecule has 0 bridgehead atoms. The van der Waals surface area contributed by atoms with Crippen molar-refractivity contribution in [1.29, 1.82) is 0 Å². The van der Waals surface area contributed by atoms with Crippen molar-refractivity contribution < 1.29 is 28.4 Å². The van der Waals surface area contributed by atoms with Crippen molar-refractivity contribution in [2.45, 2.75) is 37.6 Å². The largest absolute Gasteiger partial charge is 0.481 e. The molecule has 134 valence electrons. The van der Waals surface area contributed by atoms with Gasteiger partial charge in [0, 0.05) is 26.1 Å². The van der Waals surface area contributed by atoms with E-state index in [0.29, 0.717) is 43.5 Å². The molecular weight excluding hydrogens is 330 g/mol. The second kappa shape index (κ2) is 7.47. The molecule has 0 unspecified atom stereocenters. The zero-order valence-electron chi connectivity index (χ0n) is 13.6. The first-order chi connectivity index (χ1) is 12.1. The third-order valence-electron chi connectivity index (χ3n) is 4.12. The molecule has 3 rings (SSSR count). The van der Waals surface area contributed by atoms with Gasteiger partial charge in [-0.15, -0.1) is 0 Å². The minimum Gasteiger partial charge on any atom is -0.481 e. The molecule has 0 atom stereocenters. The van der Waals surface area contributed by atoms with Crippen molar-refractivity contribution in [3.8, 4) is 11.6 Å². The van der Waals surface area contributed by atoms with E-state index in [2.05, 4.69) is 15.5 Å². The van der Waals surface area contributed by atoms with Crippen LogP contribution < -0.4 is 5.32 Å². The molecule has 0 aromatic carbocycles. The van der Waals surface area contributed by atoms with E-state index in [1.165, 1.54) is 6.26 Å². The highest BCUT2D eigenvalue weighted by atomic mass is 16.5. The van der Waals surface area contributed by atoms with E-state index >= 15 is 0 Å². The minimum absolute atomic E-state index is 0.120. The van der Waals surface area contributed by atoms with Crippen LogP contribution in [0.5, 0.6) is 0 Å². The Morgan fingerprint density at radius 1 is 1.32 bits per heavy atom. The van der Waals surface area contributed by atoms with Crippen molar-refractivity contribution in [1.82, 2.24) is 15.5 Å². The fourth-order valence-electron chi connectivity index (χ4n) is 2.84. The van der Waals surface area contributed by atoms with Crippen LogP contribution in [0.25, 0.3) is 11.6 Å². The third-order valence-corrected chi connectivity index (χ3v) is 4.12. The van der Waals surface area contributed by atoms with Crippen molar-refractivity contribution >= 4 is 11.9 Å². The summed E-state index contributed by atoms with van der Waals surface area (Å²) in [7, 11) is 0. The maximum atomic E-state index is 12.3. The number of amides is 1. The first-order valence-electron chi connectivity index (χ1n) is 8.03. The van der Waals surface area contributed by atoms with Gasteiger partial charge >= 0.3 is 5.97 Å². The van der Waals surface area contributed by atoms with Crippen molar-refractivity contribution in [2.24, 2.45) is 0 Å². The summed E-state index contributed by atoms with van der Waals surface area (Å²) in [6.45, 7) is 0.869. The lowest BCUT2D eigenvalue weighted by atomic mass is 9.86. The molecule has 2 N–H and O–H groups in total. The maximum absolute atomic E-state index is 12.3. The first kappa shape index (κ1) is 17.2. The fourth-order valence-corrected chi connectivity index (χ4v) is 2.84. The van der Waals surface area contributed by atoms with Crippen LogP contribution in [0.2, 0.25) is 0 Å². The standard InChI is InChI=1S/C16H19N3O6/c20-12(18-16(10-14(21)22)5-8-23-9-6-16)3-4-13-17-15(19-25-13)11-2-1-7-24-11/h1-2,7H,3-6,8-10H2,(H,18,20)(H,21,22). The number of ether oxygens (including phenoxy) is 1. The molecule has 9 nitrogen and oxygen atoms in total. The quantitative estimate of drug-likeness (QED) is 0.768. The highest BCUT2D eigenvalue weighted by Gasteiger charge is 2.36. The molecule has 0 spiro atoms. The Labute approximate surface area is 143 Å². The number of aromatic nitrogens is 2. The molecule has 1 aliphatic heterocycles. The molecule has 1 saturated heterocycles. The average Bonchev–Trinajstić information content (AvgIpc) is 3.24. The van der Waals surface area contributed by atoms with Gasteiger partial charge in [-0.2, -0.15) is 4.98 Å². The van der Waals surface area contributed by atoms with Crippen LogP contribution in [0.1, 0.15) is 31.6 Å². The summed E-state index contributed by atoms with van der Waals surface area (Å²) in [5, 5.41) is 15.8. The maximum Gasteiger partial charge on any atom is 0.305 e. The third kappa shape index (κ3) is 4.44. The number of nitrogens with one attached hydrogen (secondary N) is 1. The van der Waals surface area contributed by atoms with E-state index in [4.69, 9.17) is 18.8 Å². The lowest BCUT2D eigenvalue weighted by Gasteiger charge is -2.36. The van der Waals surface area contributed by atoms with Gasteiger partial charge in [0.1, 0.15) is 0 Å². The molecule has 3 heterocycles. The van der Waals surface area contributed by atoms with E-state index in [-0.39, 0.29) is 25.2 Å². The Morgan fingerprint density at radius 2 is 2.12 bits per heavy atom. The monoisotopic (exact) mass is 349 g/mol. The molecule has 0 radical (unpaired) electrons. The van der Waals surface area contributed by atoms with Crippen LogP contribution in [-0.2, 0) is 20.7 Å². The first-order valence-corrected chi connectivity index (χ1v) is 8.03. The van der Waals surface area contributed by atoms with Crippen LogP contribution >= 0.6 is 0 Å². The Balaban J connectivity index is 1.55. The molecule has 1 fully saturated rings. The number of aliphatic carboxylic acids is 1. The van der Waals surface area contributed by atoms with Gasteiger partial charge in [0.2, 0.25) is 17.6 Å². The van der Waals surface area contributed by atoms with Gasteiger partial charge in [-0.25, -0.2) is 0 Å². The van der Waals surface area contributed by atoms with E-state index in [1.807, 2.05) is 0 Å². The Morgan fingerprint density at radius 3 is 2.80 bits per heavy atom. The van der Waals surface area contributed by atoms with Gasteiger partial charge in [0.15, 0.2) is 5.76 Å². The SMILES string of the molecule is O=C(O)CC1(NC(=O)CCc2nc(-c3ccco3)no2)CCOCC1. The number of carbonyl (C=O) groups excluding carboxylic acids is 1. The van der Waals surface area contributed by atoms with E-state index in [9.17, 15) is 9.59 Å². The van der Waals surface area contributed by atoms with E-state index < -0.39 is 11.5 Å². The van der Waals surface area contributed by atoms with Crippen molar-refractivity contribution in [3.05, 3.63) is 24.3 Å². The molecule has 2 aromatic rings. The number of carboxylic acids is 1. The number of rotatable bonds is 7. The lowest BCUT2D eigenvalue weighted by molar-refractivity contribution is -0.140. The molecule has 2 aromatic heterocycles. The molecular formula is C16H19N3O6. The zero-order chi connectivity index (χ0) is 17.7. The summed E-state index contributed by atoms with van der Waals surface area (Å²) in [6.07, 6.45) is 2.74. The van der Waals surface area contributed by atoms with Crippen molar-refractivity contribution in [2.75, 3.05) is 13.2 Å². The molecule has 1 aliphatic rings. The summed E-state index contributed by atoms with van der Waals surface area (Å²) in [4.78, 5) is 27.5. The number of furan rings is 1. The van der Waals surface area contributed by atoms with Gasteiger partial charge in [-0.1, -0.05) is 5.16 Å². The number of carboxylic acid groups (broad SMARTS) is 1. The number of hydrogen-bond acceptors (Lipinski definition) is 7. The van der Waals surface area contributed by atoms with Gasteiger partial charge in [-0.05, 0) is 25.0 Å². The predicted molar refractivity (Wildman–Crippen MR) is 83.5 cm³/mol. The Kier molecular flexibility index (Phi) is 5.13. The predicted octanol–water partition coefficient (Wildman–Crippen LogP) is 1.40. The number of aryl methyl sites for hydroxylation is 1. The van der Waals surface area contributed by atoms with E-state index in [0.717, 1.165) is 0 Å². The van der Waals surface area contributed by atoms with Gasteiger partial charge in [0.05, 0.1) is 18.2 Å². The summed E-state index contributed by atoms with van der Waals surface area (Å²) in [5.41, 5.74) is -0.755. The Hall–Kier alpha value is -2.68. The number of nitrogens with zero attached hydrogens (tertiary/aromatic N) is 2. The number of hydrogen-bond donors (Lipinski definition) is 2. The van der Waals surface area contributed by atoms with Crippen LogP contribution in [0.3, 0.4) is 0 Å². The molecule has 1 amide bonds. The molecule has 25 heavy (non-hydrogen) atoms. The topological polar surface area (TPSA) is 128 Å². The minimum atomic E-state index is -0.942. The highest BCUT2D eigenvalue weighted by Crippen LogP contribution is 2.25. The second-order valence-electron chi connectivity index (χ2n) is 6.00. The highest BCUT2D eigenvalue weighted by molar-refractivity contribution is 5.78. The molecule has 0 saturated carbocycles. The molecule has 9 heteroatoms. The molecule has 0 aliphatic carbocycles. The summed E-state index contributed by atoms with van der Waals surface area (Å²) in [6, 6.07) is 3.43. The van der Waals surface area contributed by atoms with Crippen LogP contribution in [0, 0.1) is 0 Å². The number of carbonyl (C=O) groups is 2. The fraction of sp³-hybridized carbons (Fsp3) is 0.500. The van der Waals surface area contributed by atoms with Crippen molar-refractivity contribution in [3.63, 3.8) is 0 Å². The summed E-state index contributed by atoms with van der Waals surface area (Å²) >= 11 is 0. The summed E-state index contributed by atoms with van der Waals surface area (Å²) in [5.74, 6) is -0.0573. The van der Waals surface area contributed by atoms with Gasteiger partial charge < -0.3 is 24.1 Å². The smallest absolute Gasteiger partial charge is 0.305 e. The van der Waals surface area contributed by atoms with Crippen LogP contribution in [0.15, 0.2) is 27.3 Å². The van der Waals surface area contributed by atoms with Crippen LogP contribution in [-0.4, -0.2) is 45.9 Å². The van der Waals surface area contributed by atoms with E-state index in [1.54, 1.807) is 12.1 Å². The summed E-state index contributed by atoms with van der Waals surface area (Å²) < 4.78 is 15.5. The van der Waals surface area contributed by atoms with Gasteiger partial charge in [-0.3, -0.25) is 9.59 Å². The van der Waals surface area contributed by atoms with Crippen LogP contribution in [0.4, 0.5) is 0 Å². The average molecular weight is 349 g/mol. The Bertz CT molecular complexity index is 718. The second-order valence-corrected chi connectivity index (χ2v) is 6.00. The van der Waals surface area contributed by atoms with Gasteiger partial charge in [0.25, 0.3) is 0 Å². The zero-order valence-corrected chi connectivity index (χ0v) is 13.6. The lowest BCUT2D eigenvalue weighted by Crippen LogP contribution is -2.53. The normalized spacial score (nSPS) is 16.5.